The predicted molar refractivity (Wildman–Crippen MR) is 73.2 cm³/mol. The number of hydrogen-bond acceptors (Lipinski definition) is 4. The summed E-state index contributed by atoms with van der Waals surface area (Å²) in [5, 5.41) is 14.1. The minimum Gasteiger partial charge on any atom is -0.465 e. The van der Waals surface area contributed by atoms with E-state index >= 15 is 0 Å². The second kappa shape index (κ2) is 5.56. The standard InChI is InChI=1S/C14H16N2O3/c1-3-11-5-6-12(8-14(11)16(17)18)15-9-13-7-4-10(2)19-13/h4-8,15H,3,9H2,1-2H3. The number of hydrogen-bond donors (Lipinski definition) is 1. The van der Waals surface area contributed by atoms with Crippen molar-refractivity contribution in [3.63, 3.8) is 0 Å². The molecular weight excluding hydrogens is 244 g/mol. The Morgan fingerprint density at radius 2 is 2.11 bits per heavy atom. The zero-order valence-electron chi connectivity index (χ0n) is 11.0. The van der Waals surface area contributed by atoms with Crippen LogP contribution in [-0.4, -0.2) is 4.92 Å². The van der Waals surface area contributed by atoms with E-state index in [1.54, 1.807) is 12.1 Å². The Morgan fingerprint density at radius 1 is 1.32 bits per heavy atom. The number of benzene rings is 1. The molecule has 0 aliphatic rings. The van der Waals surface area contributed by atoms with Crippen molar-refractivity contribution in [1.29, 1.82) is 0 Å². The van der Waals surface area contributed by atoms with Gasteiger partial charge in [-0.3, -0.25) is 10.1 Å². The van der Waals surface area contributed by atoms with Crippen LogP contribution in [0, 0.1) is 17.0 Å². The van der Waals surface area contributed by atoms with Gasteiger partial charge in [-0.1, -0.05) is 13.0 Å². The predicted octanol–water partition coefficient (Wildman–Crippen LogP) is 3.67. The van der Waals surface area contributed by atoms with Crippen LogP contribution in [0.5, 0.6) is 0 Å². The van der Waals surface area contributed by atoms with Gasteiger partial charge < -0.3 is 9.73 Å². The van der Waals surface area contributed by atoms with Crippen LogP contribution in [0.2, 0.25) is 0 Å². The van der Waals surface area contributed by atoms with Crippen LogP contribution in [0.4, 0.5) is 11.4 Å². The Labute approximate surface area is 111 Å². The minimum absolute atomic E-state index is 0.156. The molecule has 5 heteroatoms. The summed E-state index contributed by atoms with van der Waals surface area (Å²) >= 11 is 0. The summed E-state index contributed by atoms with van der Waals surface area (Å²) in [6.07, 6.45) is 0.647. The van der Waals surface area contributed by atoms with Crippen LogP contribution in [-0.2, 0) is 13.0 Å². The highest BCUT2D eigenvalue weighted by atomic mass is 16.6. The van der Waals surface area contributed by atoms with Crippen LogP contribution in [0.25, 0.3) is 0 Å². The van der Waals surface area contributed by atoms with Crippen molar-refractivity contribution in [2.24, 2.45) is 0 Å². The Bertz CT molecular complexity index is 590. The molecule has 0 radical (unpaired) electrons. The molecule has 0 saturated heterocycles. The molecule has 0 aliphatic heterocycles. The van der Waals surface area contributed by atoms with Crippen molar-refractivity contribution in [3.8, 4) is 0 Å². The quantitative estimate of drug-likeness (QED) is 0.657. The zero-order chi connectivity index (χ0) is 13.8. The maximum absolute atomic E-state index is 11.0. The van der Waals surface area contributed by atoms with Gasteiger partial charge in [0, 0.05) is 17.3 Å². The van der Waals surface area contributed by atoms with Crippen molar-refractivity contribution in [3.05, 3.63) is 57.5 Å². The number of furan rings is 1. The molecule has 5 nitrogen and oxygen atoms in total. The molecule has 0 unspecified atom stereocenters. The van der Waals surface area contributed by atoms with Gasteiger partial charge in [0.2, 0.25) is 0 Å². The van der Waals surface area contributed by atoms with Crippen molar-refractivity contribution >= 4 is 11.4 Å². The Hall–Kier alpha value is -2.30. The monoisotopic (exact) mass is 260 g/mol. The highest BCUT2D eigenvalue weighted by molar-refractivity contribution is 5.55. The lowest BCUT2D eigenvalue weighted by molar-refractivity contribution is -0.385. The maximum atomic E-state index is 11.0. The molecule has 100 valence electrons. The number of nitro benzene ring substituents is 1. The SMILES string of the molecule is CCc1ccc(NCc2ccc(C)o2)cc1[N+](=O)[O-]. The number of nitrogens with one attached hydrogen (secondary N) is 1. The number of nitrogens with zero attached hydrogens (tertiary/aromatic N) is 1. The topological polar surface area (TPSA) is 68.3 Å². The second-order valence-electron chi connectivity index (χ2n) is 4.32. The van der Waals surface area contributed by atoms with E-state index in [2.05, 4.69) is 5.32 Å². The number of nitro groups is 1. The highest BCUT2D eigenvalue weighted by Gasteiger charge is 2.13. The fraction of sp³-hybridized carbons (Fsp3) is 0.286. The van der Waals surface area contributed by atoms with Crippen LogP contribution in [0.1, 0.15) is 24.0 Å². The summed E-state index contributed by atoms with van der Waals surface area (Å²) in [4.78, 5) is 10.6. The van der Waals surface area contributed by atoms with Crippen molar-refractivity contribution in [2.45, 2.75) is 26.8 Å². The Balaban J connectivity index is 2.12. The lowest BCUT2D eigenvalue weighted by Gasteiger charge is -2.06. The molecule has 1 N–H and O–H groups in total. The Kier molecular flexibility index (Phi) is 3.85. The van der Waals surface area contributed by atoms with Gasteiger partial charge in [-0.05, 0) is 31.5 Å². The molecule has 1 aromatic carbocycles. The van der Waals surface area contributed by atoms with E-state index in [0.717, 1.165) is 22.8 Å². The molecule has 0 fully saturated rings. The fourth-order valence-corrected chi connectivity index (χ4v) is 1.91. The van der Waals surface area contributed by atoms with Gasteiger partial charge in [0.25, 0.3) is 5.69 Å². The summed E-state index contributed by atoms with van der Waals surface area (Å²) in [6, 6.07) is 8.97. The highest BCUT2D eigenvalue weighted by Crippen LogP contribution is 2.24. The molecule has 2 rings (SSSR count). The van der Waals surface area contributed by atoms with Crippen LogP contribution in [0.15, 0.2) is 34.7 Å². The lowest BCUT2D eigenvalue weighted by Crippen LogP contribution is -2.00. The zero-order valence-corrected chi connectivity index (χ0v) is 11.0. The van der Waals surface area contributed by atoms with Crippen LogP contribution in [0.3, 0.4) is 0 Å². The molecule has 0 aliphatic carbocycles. The average molecular weight is 260 g/mol. The molecule has 2 aromatic rings. The van der Waals surface area contributed by atoms with E-state index in [1.807, 2.05) is 32.0 Å². The summed E-state index contributed by atoms with van der Waals surface area (Å²) < 4.78 is 5.43. The third-order valence-corrected chi connectivity index (χ3v) is 2.93. The first-order valence-corrected chi connectivity index (χ1v) is 6.16. The van der Waals surface area contributed by atoms with Crippen LogP contribution < -0.4 is 5.32 Å². The van der Waals surface area contributed by atoms with Gasteiger partial charge in [0.1, 0.15) is 11.5 Å². The third kappa shape index (κ3) is 3.13. The molecule has 0 amide bonds. The molecule has 0 bridgehead atoms. The normalized spacial score (nSPS) is 10.4. The largest absolute Gasteiger partial charge is 0.465 e. The van der Waals surface area contributed by atoms with Gasteiger partial charge in [-0.15, -0.1) is 0 Å². The summed E-state index contributed by atoms with van der Waals surface area (Å²) in [6.45, 7) is 4.29. The molecule has 0 saturated carbocycles. The van der Waals surface area contributed by atoms with Crippen LogP contribution >= 0.6 is 0 Å². The van der Waals surface area contributed by atoms with E-state index in [9.17, 15) is 10.1 Å². The number of aryl methyl sites for hydroxylation is 2. The molecule has 1 heterocycles. The minimum atomic E-state index is -0.346. The fourth-order valence-electron chi connectivity index (χ4n) is 1.91. The summed E-state index contributed by atoms with van der Waals surface area (Å²) in [5.74, 6) is 1.66. The van der Waals surface area contributed by atoms with E-state index in [-0.39, 0.29) is 10.6 Å². The summed E-state index contributed by atoms with van der Waals surface area (Å²) in [5.41, 5.74) is 1.62. The molecule has 0 spiro atoms. The average Bonchev–Trinajstić information content (AvgIpc) is 2.81. The molecular formula is C14H16N2O3. The first-order chi connectivity index (χ1) is 9.10. The van der Waals surface area contributed by atoms with E-state index in [1.165, 1.54) is 0 Å². The molecule has 1 aromatic heterocycles. The number of rotatable bonds is 5. The number of anilines is 1. The van der Waals surface area contributed by atoms with Gasteiger partial charge in [-0.2, -0.15) is 0 Å². The van der Waals surface area contributed by atoms with Gasteiger partial charge in [0.05, 0.1) is 11.5 Å². The van der Waals surface area contributed by atoms with E-state index in [0.29, 0.717) is 13.0 Å². The maximum Gasteiger partial charge on any atom is 0.274 e. The van der Waals surface area contributed by atoms with E-state index in [4.69, 9.17) is 4.42 Å². The summed E-state index contributed by atoms with van der Waals surface area (Å²) in [7, 11) is 0. The van der Waals surface area contributed by atoms with Gasteiger partial charge >= 0.3 is 0 Å². The van der Waals surface area contributed by atoms with Gasteiger partial charge in [0.15, 0.2) is 0 Å². The first kappa shape index (κ1) is 13.1. The first-order valence-electron chi connectivity index (χ1n) is 6.16. The van der Waals surface area contributed by atoms with Crippen molar-refractivity contribution < 1.29 is 9.34 Å². The Morgan fingerprint density at radius 3 is 2.68 bits per heavy atom. The molecule has 19 heavy (non-hydrogen) atoms. The second-order valence-corrected chi connectivity index (χ2v) is 4.32. The van der Waals surface area contributed by atoms with Gasteiger partial charge in [-0.25, -0.2) is 0 Å². The van der Waals surface area contributed by atoms with Crippen molar-refractivity contribution in [2.75, 3.05) is 5.32 Å². The lowest BCUT2D eigenvalue weighted by atomic mass is 10.1. The van der Waals surface area contributed by atoms with E-state index < -0.39 is 0 Å². The molecule has 0 atom stereocenters. The third-order valence-electron chi connectivity index (χ3n) is 2.93. The van der Waals surface area contributed by atoms with Crippen molar-refractivity contribution in [1.82, 2.24) is 0 Å². The smallest absolute Gasteiger partial charge is 0.274 e.